The van der Waals surface area contributed by atoms with Crippen LogP contribution in [0.3, 0.4) is 0 Å². The third-order valence-corrected chi connectivity index (χ3v) is 6.29. The summed E-state index contributed by atoms with van der Waals surface area (Å²) in [5, 5.41) is 11.9. The zero-order valence-corrected chi connectivity index (χ0v) is 14.7. The summed E-state index contributed by atoms with van der Waals surface area (Å²) in [5.41, 5.74) is 0.278. The molecule has 9 heteroatoms. The van der Waals surface area contributed by atoms with Crippen LogP contribution in [0.25, 0.3) is 0 Å². The molecule has 0 aliphatic heterocycles. The molecule has 0 saturated heterocycles. The third kappa shape index (κ3) is 3.41. The maximum Gasteiger partial charge on any atom is 0.281 e. The predicted octanol–water partition coefficient (Wildman–Crippen LogP) is 4.89. The predicted molar refractivity (Wildman–Crippen MR) is 87.0 cm³/mol. The van der Waals surface area contributed by atoms with E-state index in [-0.39, 0.29) is 41.5 Å². The van der Waals surface area contributed by atoms with E-state index < -0.39 is 10.8 Å². The zero-order valence-electron chi connectivity index (χ0n) is 10.1. The van der Waals surface area contributed by atoms with Crippen molar-refractivity contribution in [2.24, 2.45) is 0 Å². The minimum atomic E-state index is -1.67. The molecule has 112 valence electrons. The van der Waals surface area contributed by atoms with E-state index in [4.69, 9.17) is 58.0 Å². The number of pyridine rings is 1. The molecule has 3 nitrogen and oxygen atoms in total. The molecular formula is C12H6Cl5NO2S. The fourth-order valence-corrected chi connectivity index (χ4v) is 4.23. The Morgan fingerprint density at radius 3 is 2.00 bits per heavy atom. The molecule has 0 aliphatic rings. The lowest BCUT2D eigenvalue weighted by molar-refractivity contribution is -0.646. The van der Waals surface area contributed by atoms with E-state index in [1.807, 2.05) is 0 Å². The summed E-state index contributed by atoms with van der Waals surface area (Å²) in [7, 11) is -1.67. The van der Waals surface area contributed by atoms with Gasteiger partial charge in [-0.15, -0.1) is 0 Å². The highest BCUT2D eigenvalue weighted by Gasteiger charge is 2.23. The maximum absolute atomic E-state index is 12.3. The molecule has 2 rings (SSSR count). The largest absolute Gasteiger partial charge is 0.618 e. The third-order valence-electron chi connectivity index (χ3n) is 2.60. The van der Waals surface area contributed by atoms with Gasteiger partial charge >= 0.3 is 0 Å². The van der Waals surface area contributed by atoms with Gasteiger partial charge < -0.3 is 5.21 Å². The van der Waals surface area contributed by atoms with Crippen molar-refractivity contribution in [3.05, 3.63) is 60.3 Å². The summed E-state index contributed by atoms with van der Waals surface area (Å²) in [5.74, 6) is -0.111. The molecule has 0 spiro atoms. The quantitative estimate of drug-likeness (QED) is 0.316. The van der Waals surface area contributed by atoms with Gasteiger partial charge in [-0.25, -0.2) is 4.21 Å². The van der Waals surface area contributed by atoms with E-state index in [9.17, 15) is 9.42 Å². The van der Waals surface area contributed by atoms with Crippen molar-refractivity contribution in [1.82, 2.24) is 0 Å². The highest BCUT2D eigenvalue weighted by Crippen LogP contribution is 2.44. The molecule has 0 radical (unpaired) electrons. The molecular weight excluding hydrogens is 399 g/mol. The van der Waals surface area contributed by atoms with Crippen molar-refractivity contribution in [3.8, 4) is 0 Å². The zero-order chi connectivity index (χ0) is 15.7. The van der Waals surface area contributed by atoms with E-state index in [2.05, 4.69) is 0 Å². The summed E-state index contributed by atoms with van der Waals surface area (Å²) >= 11 is 29.9. The lowest BCUT2D eigenvalue weighted by atomic mass is 10.2. The lowest BCUT2D eigenvalue weighted by Crippen LogP contribution is -2.31. The van der Waals surface area contributed by atoms with Crippen LogP contribution >= 0.6 is 58.0 Å². The van der Waals surface area contributed by atoms with Crippen molar-refractivity contribution in [2.75, 3.05) is 0 Å². The second-order valence-electron chi connectivity index (χ2n) is 3.90. The molecule has 1 aromatic carbocycles. The first-order valence-electron chi connectivity index (χ1n) is 5.41. The van der Waals surface area contributed by atoms with Crippen LogP contribution in [0.4, 0.5) is 0 Å². The van der Waals surface area contributed by atoms with Gasteiger partial charge in [0, 0.05) is 17.7 Å². The van der Waals surface area contributed by atoms with Gasteiger partial charge in [0.15, 0.2) is 6.20 Å². The second kappa shape index (κ2) is 6.90. The van der Waals surface area contributed by atoms with Gasteiger partial charge in [-0.1, -0.05) is 58.0 Å². The Labute approximate surface area is 148 Å². The van der Waals surface area contributed by atoms with Gasteiger partial charge in [0.25, 0.3) is 5.03 Å². The molecule has 0 aliphatic carbocycles. The van der Waals surface area contributed by atoms with E-state index >= 15 is 0 Å². The van der Waals surface area contributed by atoms with E-state index in [1.165, 1.54) is 18.3 Å². The number of halogens is 5. The molecule has 0 N–H and O–H groups in total. The molecule has 1 aromatic heterocycles. The van der Waals surface area contributed by atoms with Crippen molar-refractivity contribution in [3.63, 3.8) is 0 Å². The monoisotopic (exact) mass is 403 g/mol. The average molecular weight is 406 g/mol. The number of hydrogen-bond acceptors (Lipinski definition) is 2. The Morgan fingerprint density at radius 1 is 0.952 bits per heavy atom. The van der Waals surface area contributed by atoms with Gasteiger partial charge in [0.1, 0.15) is 10.8 Å². The summed E-state index contributed by atoms with van der Waals surface area (Å²) < 4.78 is 12.8. The highest BCUT2D eigenvalue weighted by molar-refractivity contribution is 7.84. The highest BCUT2D eigenvalue weighted by atomic mass is 35.5. The first-order valence-corrected chi connectivity index (χ1v) is 8.62. The first-order chi connectivity index (χ1) is 9.84. The minimum Gasteiger partial charge on any atom is -0.618 e. The van der Waals surface area contributed by atoms with E-state index in [0.717, 1.165) is 0 Å². The van der Waals surface area contributed by atoms with Crippen LogP contribution in [0, 0.1) is 5.21 Å². The topological polar surface area (TPSA) is 44.0 Å². The van der Waals surface area contributed by atoms with Crippen LogP contribution in [0.2, 0.25) is 25.1 Å². The second-order valence-corrected chi connectivity index (χ2v) is 7.19. The number of rotatable bonds is 3. The van der Waals surface area contributed by atoms with Gasteiger partial charge in [0.05, 0.1) is 30.9 Å². The molecule has 2 aromatic rings. The Kier molecular flexibility index (Phi) is 5.63. The van der Waals surface area contributed by atoms with Crippen LogP contribution in [0.15, 0.2) is 29.4 Å². The van der Waals surface area contributed by atoms with Gasteiger partial charge in [0.2, 0.25) is 0 Å². The average Bonchev–Trinajstić information content (AvgIpc) is 2.48. The lowest BCUT2D eigenvalue weighted by Gasteiger charge is -2.12. The molecule has 0 saturated carbocycles. The molecule has 1 heterocycles. The molecule has 1 atom stereocenters. The molecule has 0 fully saturated rings. The van der Waals surface area contributed by atoms with Crippen molar-refractivity contribution in [2.45, 2.75) is 10.8 Å². The van der Waals surface area contributed by atoms with Crippen molar-refractivity contribution < 1.29 is 8.94 Å². The first kappa shape index (κ1) is 17.1. The standard InChI is InChI=1S/C12H6Cl5NO2S/c13-8-6(9(14)11(16)12(17)10(8)15)5-21(20)7-3-1-2-4-18(7)19/h1-4H,5H2. The normalized spacial score (nSPS) is 12.4. The Bertz CT molecular complexity index is 709. The van der Waals surface area contributed by atoms with Gasteiger partial charge in [-0.3, -0.25) is 0 Å². The van der Waals surface area contributed by atoms with Crippen molar-refractivity contribution in [1.29, 1.82) is 0 Å². The molecule has 0 bridgehead atoms. The number of benzene rings is 1. The Morgan fingerprint density at radius 2 is 1.48 bits per heavy atom. The van der Waals surface area contributed by atoms with Crippen LogP contribution < -0.4 is 4.73 Å². The number of nitrogens with zero attached hydrogens (tertiary/aromatic N) is 1. The molecule has 1 unspecified atom stereocenters. The van der Waals surface area contributed by atoms with Crippen molar-refractivity contribution >= 4 is 68.8 Å². The summed E-state index contributed by atoms with van der Waals surface area (Å²) in [6.45, 7) is 0. The number of hydrogen-bond donors (Lipinski definition) is 0. The van der Waals surface area contributed by atoms with E-state index in [1.54, 1.807) is 6.07 Å². The molecule has 21 heavy (non-hydrogen) atoms. The molecule has 0 amide bonds. The van der Waals surface area contributed by atoms with Crippen LogP contribution in [-0.4, -0.2) is 4.21 Å². The van der Waals surface area contributed by atoms with Crippen LogP contribution in [0.1, 0.15) is 5.56 Å². The summed E-state index contributed by atoms with van der Waals surface area (Å²) in [6.07, 6.45) is 1.25. The fourth-order valence-electron chi connectivity index (χ4n) is 1.57. The Balaban J connectivity index is 2.46. The number of aromatic nitrogens is 1. The van der Waals surface area contributed by atoms with Gasteiger partial charge in [-0.05, 0) is 6.07 Å². The summed E-state index contributed by atoms with van der Waals surface area (Å²) in [6, 6.07) is 4.58. The van der Waals surface area contributed by atoms with E-state index in [0.29, 0.717) is 4.73 Å². The fraction of sp³-hybridized carbons (Fsp3) is 0.0833. The minimum absolute atomic E-state index is 0.0291. The summed E-state index contributed by atoms with van der Waals surface area (Å²) in [4.78, 5) is 0. The Hall–Kier alpha value is -0.230. The van der Waals surface area contributed by atoms with Crippen LogP contribution in [0.5, 0.6) is 0 Å². The van der Waals surface area contributed by atoms with Gasteiger partial charge in [-0.2, -0.15) is 4.73 Å². The SMILES string of the molecule is O=S(Cc1c(Cl)c(Cl)c(Cl)c(Cl)c1Cl)c1cccc[n+]1[O-]. The van der Waals surface area contributed by atoms with Crippen LogP contribution in [-0.2, 0) is 16.6 Å². The maximum atomic E-state index is 12.3. The smallest absolute Gasteiger partial charge is 0.281 e.